The van der Waals surface area contributed by atoms with Crippen LogP contribution in [0, 0.1) is 5.82 Å². The summed E-state index contributed by atoms with van der Waals surface area (Å²) in [6.07, 6.45) is 3.30. The molecule has 2 N–H and O–H groups in total. The van der Waals surface area contributed by atoms with Crippen LogP contribution in [-0.2, 0) is 9.59 Å². The van der Waals surface area contributed by atoms with Gasteiger partial charge in [-0.05, 0) is 50.5 Å². The standard InChI is InChI=1S/C28H35FN8O3/c1-8-27(39)31-20-16-21(25(40-7)17-23(20)36(6)14-13-34(2)3)32-28-30-12-11-26(33-28)37(18-38)22-10-9-19(29)15-24(22)35(4)5/h8-12,15-18H,1,13-14H2,2-7H3,(H,31,39)(H,30,32,33). The Morgan fingerprint density at radius 3 is 2.40 bits per heavy atom. The fourth-order valence-electron chi connectivity index (χ4n) is 3.86. The fourth-order valence-corrected chi connectivity index (χ4v) is 3.86. The zero-order chi connectivity index (χ0) is 29.4. The van der Waals surface area contributed by atoms with E-state index in [0.717, 1.165) is 12.2 Å². The van der Waals surface area contributed by atoms with Crippen LogP contribution in [0.25, 0.3) is 0 Å². The number of benzene rings is 2. The van der Waals surface area contributed by atoms with Gasteiger partial charge in [-0.2, -0.15) is 4.98 Å². The highest BCUT2D eigenvalue weighted by molar-refractivity contribution is 6.02. The number of methoxy groups -OCH3 is 1. The Bertz CT molecular complexity index is 1370. The van der Waals surface area contributed by atoms with Gasteiger partial charge >= 0.3 is 0 Å². The van der Waals surface area contributed by atoms with E-state index < -0.39 is 5.82 Å². The number of aromatic nitrogens is 2. The molecular weight excluding hydrogens is 515 g/mol. The number of nitrogens with zero attached hydrogens (tertiary/aromatic N) is 6. The molecule has 0 spiro atoms. The Morgan fingerprint density at radius 2 is 1.77 bits per heavy atom. The number of anilines is 7. The molecule has 0 atom stereocenters. The average Bonchev–Trinajstić information content (AvgIpc) is 2.93. The third-order valence-corrected chi connectivity index (χ3v) is 5.97. The molecule has 1 heterocycles. The first-order valence-electron chi connectivity index (χ1n) is 12.4. The molecule has 0 saturated carbocycles. The molecular formula is C28H35FN8O3. The van der Waals surface area contributed by atoms with Crippen molar-refractivity contribution in [1.29, 1.82) is 0 Å². The van der Waals surface area contributed by atoms with Crippen molar-refractivity contribution in [2.45, 2.75) is 0 Å². The van der Waals surface area contributed by atoms with Gasteiger partial charge in [0, 0.05) is 46.5 Å². The average molecular weight is 551 g/mol. The first-order valence-corrected chi connectivity index (χ1v) is 12.4. The van der Waals surface area contributed by atoms with E-state index >= 15 is 0 Å². The predicted molar refractivity (Wildman–Crippen MR) is 158 cm³/mol. The third kappa shape index (κ3) is 7.23. The highest BCUT2D eigenvalue weighted by Crippen LogP contribution is 2.38. The summed E-state index contributed by atoms with van der Waals surface area (Å²) in [6, 6.07) is 9.22. The van der Waals surface area contributed by atoms with Crippen LogP contribution < -0.4 is 30.1 Å². The second-order valence-electron chi connectivity index (χ2n) is 9.35. The van der Waals surface area contributed by atoms with Crippen molar-refractivity contribution in [3.05, 3.63) is 61.1 Å². The van der Waals surface area contributed by atoms with Crippen molar-refractivity contribution in [3.8, 4) is 5.75 Å². The number of ether oxygens (including phenoxy) is 1. The van der Waals surface area contributed by atoms with Gasteiger partial charge in [-0.3, -0.25) is 14.5 Å². The van der Waals surface area contributed by atoms with Crippen LogP contribution >= 0.6 is 0 Å². The topological polar surface area (TPSA) is 106 Å². The lowest BCUT2D eigenvalue weighted by Gasteiger charge is -2.26. The maximum atomic E-state index is 13.9. The normalized spacial score (nSPS) is 10.6. The van der Waals surface area contributed by atoms with Gasteiger partial charge in [0.25, 0.3) is 0 Å². The molecule has 12 heteroatoms. The smallest absolute Gasteiger partial charge is 0.247 e. The van der Waals surface area contributed by atoms with Crippen LogP contribution in [-0.4, -0.2) is 82.6 Å². The zero-order valence-corrected chi connectivity index (χ0v) is 23.6. The van der Waals surface area contributed by atoms with E-state index in [9.17, 15) is 14.0 Å². The Labute approximate surface area is 233 Å². The van der Waals surface area contributed by atoms with Gasteiger partial charge in [-0.15, -0.1) is 0 Å². The van der Waals surface area contributed by atoms with E-state index in [2.05, 4.69) is 32.1 Å². The summed E-state index contributed by atoms with van der Waals surface area (Å²) in [7, 11) is 10.9. The minimum absolute atomic E-state index is 0.172. The quantitative estimate of drug-likeness (QED) is 0.242. The molecule has 3 aromatic rings. The summed E-state index contributed by atoms with van der Waals surface area (Å²) in [5.41, 5.74) is 2.70. The Balaban J connectivity index is 2.01. The number of rotatable bonds is 13. The molecule has 0 fully saturated rings. The molecule has 212 valence electrons. The number of hydrogen-bond acceptors (Lipinski definition) is 9. The lowest BCUT2D eigenvalue weighted by atomic mass is 10.2. The highest BCUT2D eigenvalue weighted by Gasteiger charge is 2.19. The first-order chi connectivity index (χ1) is 19.1. The molecule has 2 aromatic carbocycles. The van der Waals surface area contributed by atoms with Crippen molar-refractivity contribution in [2.24, 2.45) is 0 Å². The third-order valence-electron chi connectivity index (χ3n) is 5.97. The number of hydrogen-bond donors (Lipinski definition) is 2. The summed E-state index contributed by atoms with van der Waals surface area (Å²) in [5, 5.41) is 5.97. The van der Waals surface area contributed by atoms with Crippen LogP contribution in [0.5, 0.6) is 5.75 Å². The fraction of sp³-hybridized carbons (Fsp3) is 0.286. The van der Waals surface area contributed by atoms with Crippen LogP contribution in [0.1, 0.15) is 0 Å². The van der Waals surface area contributed by atoms with Crippen molar-refractivity contribution in [2.75, 3.05) is 80.8 Å². The van der Waals surface area contributed by atoms with E-state index in [1.807, 2.05) is 26.0 Å². The van der Waals surface area contributed by atoms with Crippen LogP contribution in [0.4, 0.5) is 44.6 Å². The number of likely N-dealkylation sites (N-methyl/N-ethyl adjacent to an activating group) is 2. The summed E-state index contributed by atoms with van der Waals surface area (Å²) >= 11 is 0. The van der Waals surface area contributed by atoms with E-state index in [1.165, 1.54) is 42.5 Å². The van der Waals surface area contributed by atoms with Crippen molar-refractivity contribution in [3.63, 3.8) is 0 Å². The molecule has 0 unspecified atom stereocenters. The highest BCUT2D eigenvalue weighted by atomic mass is 19.1. The molecule has 0 aliphatic heterocycles. The molecule has 40 heavy (non-hydrogen) atoms. The van der Waals surface area contributed by atoms with Crippen molar-refractivity contribution < 1.29 is 18.7 Å². The van der Waals surface area contributed by atoms with Gasteiger partial charge in [-0.1, -0.05) is 6.58 Å². The van der Waals surface area contributed by atoms with Crippen LogP contribution in [0.2, 0.25) is 0 Å². The number of carbonyl (C=O) groups is 2. The lowest BCUT2D eigenvalue weighted by Crippen LogP contribution is -2.29. The minimum atomic E-state index is -0.425. The minimum Gasteiger partial charge on any atom is -0.494 e. The number of nitrogens with one attached hydrogen (secondary N) is 2. The molecule has 0 saturated heterocycles. The molecule has 0 bridgehead atoms. The number of amides is 2. The van der Waals surface area contributed by atoms with E-state index in [-0.39, 0.29) is 17.7 Å². The van der Waals surface area contributed by atoms with Gasteiger partial charge in [0.15, 0.2) is 0 Å². The SMILES string of the molecule is C=CC(=O)Nc1cc(Nc2nccc(N(C=O)c3ccc(F)cc3N(C)C)n2)c(OC)cc1N(C)CCN(C)C. The second-order valence-corrected chi connectivity index (χ2v) is 9.35. The van der Waals surface area contributed by atoms with E-state index in [0.29, 0.717) is 41.5 Å². The van der Waals surface area contributed by atoms with E-state index in [4.69, 9.17) is 4.74 Å². The molecule has 2 amide bonds. The van der Waals surface area contributed by atoms with Crippen molar-refractivity contribution in [1.82, 2.24) is 14.9 Å². The molecule has 0 aliphatic rings. The molecule has 0 aliphatic carbocycles. The monoisotopic (exact) mass is 550 g/mol. The summed E-state index contributed by atoms with van der Waals surface area (Å²) < 4.78 is 19.6. The number of halogens is 1. The Morgan fingerprint density at radius 1 is 1.02 bits per heavy atom. The lowest BCUT2D eigenvalue weighted by molar-refractivity contribution is -0.112. The predicted octanol–water partition coefficient (Wildman–Crippen LogP) is 3.85. The van der Waals surface area contributed by atoms with Crippen LogP contribution in [0.15, 0.2) is 55.3 Å². The largest absolute Gasteiger partial charge is 0.494 e. The van der Waals surface area contributed by atoms with Gasteiger partial charge in [-0.25, -0.2) is 9.37 Å². The van der Waals surface area contributed by atoms with Gasteiger partial charge in [0.2, 0.25) is 18.3 Å². The Hall–Kier alpha value is -4.71. The molecule has 11 nitrogen and oxygen atoms in total. The van der Waals surface area contributed by atoms with Crippen molar-refractivity contribution >= 4 is 52.5 Å². The summed E-state index contributed by atoms with van der Waals surface area (Å²) in [6.45, 7) is 5.04. The van der Waals surface area contributed by atoms with Gasteiger partial charge in [0.05, 0.1) is 35.5 Å². The first kappa shape index (κ1) is 29.8. The molecule has 0 radical (unpaired) electrons. The second kappa shape index (κ2) is 13.4. The maximum Gasteiger partial charge on any atom is 0.247 e. The number of carbonyl (C=O) groups excluding carboxylic acids is 2. The van der Waals surface area contributed by atoms with E-state index in [1.54, 1.807) is 37.2 Å². The maximum absolute atomic E-state index is 13.9. The Kier molecular flexibility index (Phi) is 9.98. The van der Waals surface area contributed by atoms with Gasteiger partial charge in [0.1, 0.15) is 17.4 Å². The molecule has 3 rings (SSSR count). The summed E-state index contributed by atoms with van der Waals surface area (Å²) in [4.78, 5) is 40.3. The molecule has 1 aromatic heterocycles. The van der Waals surface area contributed by atoms with Crippen LogP contribution in [0.3, 0.4) is 0 Å². The van der Waals surface area contributed by atoms with Gasteiger partial charge < -0.3 is 30.1 Å². The zero-order valence-electron chi connectivity index (χ0n) is 23.6. The summed E-state index contributed by atoms with van der Waals surface area (Å²) in [5.74, 6) is 0.130.